The second-order valence-corrected chi connectivity index (χ2v) is 3.91. The highest BCUT2D eigenvalue weighted by atomic mass is 35.5. The Bertz CT molecular complexity index is 72.6. The summed E-state index contributed by atoms with van der Waals surface area (Å²) in [5, 5.41) is 0.396. The van der Waals surface area contributed by atoms with Gasteiger partial charge in [0, 0.05) is 5.38 Å². The molecule has 0 N–H and O–H groups in total. The summed E-state index contributed by atoms with van der Waals surface area (Å²) in [5.74, 6) is 0.956. The molecular formula is C8H15Cl. The first-order valence-corrected chi connectivity index (χ1v) is 4.36. The molecule has 1 rings (SSSR count). The highest BCUT2D eigenvalue weighted by Crippen LogP contribution is 2.29. The molecule has 0 aliphatic heterocycles. The monoisotopic (exact) mass is 146 g/mol. The van der Waals surface area contributed by atoms with Gasteiger partial charge in [-0.05, 0) is 19.3 Å². The minimum atomic E-state index is 0.396. The first-order valence-electron chi connectivity index (χ1n) is 3.93. The maximum Gasteiger partial charge on any atom is 0.0310 e. The van der Waals surface area contributed by atoms with Gasteiger partial charge in [0.15, 0.2) is 0 Å². The molecule has 1 heteroatoms. The van der Waals surface area contributed by atoms with E-state index >= 15 is 0 Å². The van der Waals surface area contributed by atoms with Gasteiger partial charge in [-0.15, -0.1) is 11.6 Å². The van der Waals surface area contributed by atoms with Crippen LogP contribution in [0.15, 0.2) is 0 Å². The zero-order valence-electron chi connectivity index (χ0n) is 6.07. The average Bonchev–Trinajstić information content (AvgIpc) is 2.15. The van der Waals surface area contributed by atoms with E-state index in [0.29, 0.717) is 5.38 Å². The van der Waals surface area contributed by atoms with Crippen LogP contribution in [0.2, 0.25) is 0 Å². The van der Waals surface area contributed by atoms with Gasteiger partial charge >= 0.3 is 0 Å². The molecule has 0 nitrogen and oxygen atoms in total. The first-order chi connectivity index (χ1) is 4.29. The van der Waals surface area contributed by atoms with Crippen molar-refractivity contribution < 1.29 is 0 Å². The van der Waals surface area contributed by atoms with Gasteiger partial charge in [0.2, 0.25) is 0 Å². The number of alkyl halides is 1. The normalized spacial score (nSPS) is 24.7. The van der Waals surface area contributed by atoms with E-state index in [1.165, 1.54) is 32.1 Å². The molecule has 0 spiro atoms. The van der Waals surface area contributed by atoms with E-state index in [9.17, 15) is 0 Å². The topological polar surface area (TPSA) is 0 Å². The first kappa shape index (κ1) is 7.40. The van der Waals surface area contributed by atoms with E-state index < -0.39 is 0 Å². The van der Waals surface area contributed by atoms with Crippen LogP contribution in [0.1, 0.15) is 39.0 Å². The van der Waals surface area contributed by atoms with Crippen molar-refractivity contribution in [1.82, 2.24) is 0 Å². The van der Waals surface area contributed by atoms with Crippen molar-refractivity contribution in [3.63, 3.8) is 0 Å². The van der Waals surface area contributed by atoms with Crippen LogP contribution in [0.3, 0.4) is 0 Å². The lowest BCUT2D eigenvalue weighted by Crippen LogP contribution is -2.00. The number of hydrogen-bond acceptors (Lipinski definition) is 0. The van der Waals surface area contributed by atoms with Gasteiger partial charge < -0.3 is 0 Å². The lowest BCUT2D eigenvalue weighted by molar-refractivity contribution is 0.500. The Morgan fingerprint density at radius 2 is 2.00 bits per heavy atom. The minimum Gasteiger partial charge on any atom is -0.123 e. The van der Waals surface area contributed by atoms with Crippen molar-refractivity contribution >= 4 is 11.6 Å². The predicted octanol–water partition coefficient (Wildman–Crippen LogP) is 3.19. The molecule has 1 atom stereocenters. The van der Waals surface area contributed by atoms with Gasteiger partial charge in [-0.2, -0.15) is 0 Å². The van der Waals surface area contributed by atoms with Crippen molar-refractivity contribution in [3.05, 3.63) is 0 Å². The van der Waals surface area contributed by atoms with Crippen LogP contribution in [-0.2, 0) is 0 Å². The van der Waals surface area contributed by atoms with Crippen LogP contribution >= 0.6 is 11.6 Å². The maximum absolute atomic E-state index is 5.86. The molecule has 0 aromatic carbocycles. The van der Waals surface area contributed by atoms with E-state index in [1.807, 2.05) is 0 Å². The van der Waals surface area contributed by atoms with Gasteiger partial charge in [-0.25, -0.2) is 0 Å². The Balaban J connectivity index is 2.11. The van der Waals surface area contributed by atoms with Crippen LogP contribution in [-0.4, -0.2) is 5.38 Å². The fraction of sp³-hybridized carbons (Fsp3) is 1.00. The third-order valence-corrected chi connectivity index (χ3v) is 2.31. The number of hydrogen-bond donors (Lipinski definition) is 0. The fourth-order valence-electron chi connectivity index (χ4n) is 1.71. The second kappa shape index (κ2) is 3.46. The fourth-order valence-corrected chi connectivity index (χ4v) is 1.96. The SMILES string of the molecule is CC(Cl)CC1CCCC1. The van der Waals surface area contributed by atoms with Crippen molar-refractivity contribution in [1.29, 1.82) is 0 Å². The van der Waals surface area contributed by atoms with Crippen LogP contribution in [0, 0.1) is 5.92 Å². The molecule has 0 radical (unpaired) electrons. The molecule has 0 amide bonds. The Kier molecular flexibility index (Phi) is 2.84. The summed E-state index contributed by atoms with van der Waals surface area (Å²) in [6, 6.07) is 0. The molecule has 0 saturated heterocycles. The van der Waals surface area contributed by atoms with Gasteiger partial charge in [0.05, 0.1) is 0 Å². The van der Waals surface area contributed by atoms with E-state index in [4.69, 9.17) is 11.6 Å². The molecule has 1 unspecified atom stereocenters. The standard InChI is InChI=1S/C8H15Cl/c1-7(9)6-8-4-2-3-5-8/h7-8H,2-6H2,1H3. The molecule has 1 aliphatic rings. The molecule has 1 fully saturated rings. The molecular weight excluding hydrogens is 132 g/mol. The molecule has 1 aliphatic carbocycles. The summed E-state index contributed by atoms with van der Waals surface area (Å²) < 4.78 is 0. The Hall–Kier alpha value is 0.290. The lowest BCUT2D eigenvalue weighted by Gasteiger charge is -2.08. The molecule has 0 bridgehead atoms. The summed E-state index contributed by atoms with van der Waals surface area (Å²) in [4.78, 5) is 0. The van der Waals surface area contributed by atoms with Crippen LogP contribution in [0.5, 0.6) is 0 Å². The van der Waals surface area contributed by atoms with Gasteiger partial charge in [-0.1, -0.05) is 25.7 Å². The lowest BCUT2D eigenvalue weighted by atomic mass is 10.0. The smallest absolute Gasteiger partial charge is 0.0310 e. The highest BCUT2D eigenvalue weighted by Gasteiger charge is 2.16. The highest BCUT2D eigenvalue weighted by molar-refractivity contribution is 6.20. The summed E-state index contributed by atoms with van der Waals surface area (Å²) in [7, 11) is 0. The largest absolute Gasteiger partial charge is 0.123 e. The van der Waals surface area contributed by atoms with E-state index in [1.54, 1.807) is 0 Å². The Morgan fingerprint density at radius 3 is 2.44 bits per heavy atom. The van der Waals surface area contributed by atoms with Crippen molar-refractivity contribution in [2.75, 3.05) is 0 Å². The quantitative estimate of drug-likeness (QED) is 0.525. The molecule has 9 heavy (non-hydrogen) atoms. The Labute approximate surface area is 62.6 Å². The molecule has 1 saturated carbocycles. The molecule has 0 aromatic rings. The van der Waals surface area contributed by atoms with Crippen molar-refractivity contribution in [2.24, 2.45) is 5.92 Å². The summed E-state index contributed by atoms with van der Waals surface area (Å²) >= 11 is 5.86. The van der Waals surface area contributed by atoms with Crippen molar-refractivity contribution in [2.45, 2.75) is 44.4 Å². The summed E-state index contributed by atoms with van der Waals surface area (Å²) in [6.45, 7) is 2.10. The van der Waals surface area contributed by atoms with Gasteiger partial charge in [0.1, 0.15) is 0 Å². The van der Waals surface area contributed by atoms with E-state index in [0.717, 1.165) is 5.92 Å². The molecule has 54 valence electrons. The predicted molar refractivity (Wildman–Crippen MR) is 41.9 cm³/mol. The van der Waals surface area contributed by atoms with Gasteiger partial charge in [-0.3, -0.25) is 0 Å². The van der Waals surface area contributed by atoms with Crippen LogP contribution in [0.4, 0.5) is 0 Å². The van der Waals surface area contributed by atoms with E-state index in [2.05, 4.69) is 6.92 Å². The summed E-state index contributed by atoms with van der Waals surface area (Å²) in [5.41, 5.74) is 0. The third kappa shape index (κ3) is 2.57. The van der Waals surface area contributed by atoms with Crippen molar-refractivity contribution in [3.8, 4) is 0 Å². The third-order valence-electron chi connectivity index (χ3n) is 2.13. The zero-order chi connectivity index (χ0) is 6.69. The van der Waals surface area contributed by atoms with Crippen LogP contribution in [0.25, 0.3) is 0 Å². The average molecular weight is 147 g/mol. The van der Waals surface area contributed by atoms with Crippen LogP contribution < -0.4 is 0 Å². The number of halogens is 1. The molecule has 0 heterocycles. The zero-order valence-corrected chi connectivity index (χ0v) is 6.82. The van der Waals surface area contributed by atoms with E-state index in [-0.39, 0.29) is 0 Å². The number of rotatable bonds is 2. The maximum atomic E-state index is 5.86. The molecule has 0 aromatic heterocycles. The Morgan fingerprint density at radius 1 is 1.44 bits per heavy atom. The minimum absolute atomic E-state index is 0.396. The van der Waals surface area contributed by atoms with Gasteiger partial charge in [0.25, 0.3) is 0 Å². The second-order valence-electron chi connectivity index (χ2n) is 3.17. The summed E-state index contributed by atoms with van der Waals surface area (Å²) in [6.07, 6.45) is 6.97.